The van der Waals surface area contributed by atoms with Crippen LogP contribution in [0.1, 0.15) is 23.2 Å². The zero-order valence-corrected chi connectivity index (χ0v) is 11.5. The minimum atomic E-state index is -0.105. The van der Waals surface area contributed by atoms with Gasteiger partial charge in [-0.05, 0) is 25.0 Å². The molecule has 2 rings (SSSR count). The Morgan fingerprint density at radius 2 is 2.00 bits per heavy atom. The van der Waals surface area contributed by atoms with Gasteiger partial charge in [-0.15, -0.1) is 0 Å². The quantitative estimate of drug-likeness (QED) is 0.867. The van der Waals surface area contributed by atoms with Gasteiger partial charge in [0.1, 0.15) is 6.61 Å². The van der Waals surface area contributed by atoms with E-state index in [-0.39, 0.29) is 24.5 Å². The van der Waals surface area contributed by atoms with E-state index in [4.69, 9.17) is 4.74 Å². The van der Waals surface area contributed by atoms with E-state index >= 15 is 0 Å². The van der Waals surface area contributed by atoms with E-state index in [0.717, 1.165) is 12.8 Å². The highest BCUT2D eigenvalue weighted by Crippen LogP contribution is 2.13. The van der Waals surface area contributed by atoms with Crippen molar-refractivity contribution in [1.29, 1.82) is 0 Å². The van der Waals surface area contributed by atoms with Crippen molar-refractivity contribution in [2.45, 2.75) is 18.9 Å². The number of likely N-dealkylation sites (tertiary alicyclic amines) is 1. The molecule has 0 radical (unpaired) electrons. The van der Waals surface area contributed by atoms with E-state index < -0.39 is 0 Å². The third-order valence-corrected chi connectivity index (χ3v) is 3.35. The zero-order chi connectivity index (χ0) is 14.4. The Morgan fingerprint density at radius 1 is 1.35 bits per heavy atom. The molecule has 0 unspecified atom stereocenters. The number of amides is 2. The van der Waals surface area contributed by atoms with Gasteiger partial charge in [-0.1, -0.05) is 0 Å². The second kappa shape index (κ2) is 7.00. The molecule has 0 atom stereocenters. The Morgan fingerprint density at radius 3 is 2.60 bits per heavy atom. The normalized spacial score (nSPS) is 15.9. The zero-order valence-electron chi connectivity index (χ0n) is 11.5. The van der Waals surface area contributed by atoms with Gasteiger partial charge in [0.25, 0.3) is 5.91 Å². The lowest BCUT2D eigenvalue weighted by Gasteiger charge is -2.32. The molecule has 1 aromatic rings. The van der Waals surface area contributed by atoms with Crippen molar-refractivity contribution in [3.8, 4) is 0 Å². The number of ether oxygens (including phenoxy) is 1. The summed E-state index contributed by atoms with van der Waals surface area (Å²) in [5.41, 5.74) is 0.655. The van der Waals surface area contributed by atoms with Crippen molar-refractivity contribution >= 4 is 11.8 Å². The van der Waals surface area contributed by atoms with Crippen LogP contribution in [0.25, 0.3) is 0 Å². The molecule has 0 aliphatic carbocycles. The maximum Gasteiger partial charge on any atom is 0.253 e. The highest BCUT2D eigenvalue weighted by Gasteiger charge is 2.24. The van der Waals surface area contributed by atoms with E-state index in [1.807, 2.05) is 4.90 Å². The lowest BCUT2D eigenvalue weighted by atomic mass is 10.0. The second-order valence-corrected chi connectivity index (χ2v) is 4.80. The van der Waals surface area contributed by atoms with Gasteiger partial charge >= 0.3 is 0 Å². The summed E-state index contributed by atoms with van der Waals surface area (Å²) in [6, 6.07) is 3.56. The smallest absolute Gasteiger partial charge is 0.253 e. The molecule has 0 saturated carbocycles. The number of pyridine rings is 1. The average Bonchev–Trinajstić information content (AvgIpc) is 2.48. The molecule has 0 bridgehead atoms. The summed E-state index contributed by atoms with van der Waals surface area (Å²) < 4.78 is 4.78. The fourth-order valence-electron chi connectivity index (χ4n) is 2.30. The maximum atomic E-state index is 12.2. The van der Waals surface area contributed by atoms with Crippen LogP contribution < -0.4 is 5.32 Å². The number of hydrogen-bond donors (Lipinski definition) is 1. The van der Waals surface area contributed by atoms with Gasteiger partial charge in [0.15, 0.2) is 0 Å². The van der Waals surface area contributed by atoms with E-state index in [1.54, 1.807) is 24.5 Å². The van der Waals surface area contributed by atoms with Crippen molar-refractivity contribution in [3.63, 3.8) is 0 Å². The number of hydrogen-bond acceptors (Lipinski definition) is 4. The molecule has 1 aliphatic heterocycles. The molecule has 2 amide bonds. The third-order valence-electron chi connectivity index (χ3n) is 3.35. The molecule has 1 aromatic heterocycles. The Hall–Kier alpha value is -1.95. The van der Waals surface area contributed by atoms with Crippen molar-refractivity contribution < 1.29 is 14.3 Å². The standard InChI is InChI=1S/C14H19N3O3/c1-20-10-13(18)16-12-4-8-17(9-5-12)14(19)11-2-6-15-7-3-11/h2-3,6-7,12H,4-5,8-10H2,1H3,(H,16,18). The Labute approximate surface area is 118 Å². The molecule has 6 heteroatoms. The Bertz CT molecular complexity index is 456. The van der Waals surface area contributed by atoms with E-state index in [9.17, 15) is 9.59 Å². The summed E-state index contributed by atoms with van der Waals surface area (Å²) in [7, 11) is 1.50. The summed E-state index contributed by atoms with van der Waals surface area (Å²) in [5.74, 6) is -0.0829. The van der Waals surface area contributed by atoms with E-state index in [2.05, 4.69) is 10.3 Å². The number of carbonyl (C=O) groups excluding carboxylic acids is 2. The van der Waals surface area contributed by atoms with Gasteiger partial charge in [0.05, 0.1) is 0 Å². The molecule has 0 spiro atoms. The number of nitrogens with one attached hydrogen (secondary N) is 1. The molecule has 1 N–H and O–H groups in total. The van der Waals surface area contributed by atoms with Crippen LogP contribution in [0.3, 0.4) is 0 Å². The molecule has 2 heterocycles. The van der Waals surface area contributed by atoms with Gasteiger partial charge in [0, 0.05) is 44.2 Å². The predicted molar refractivity (Wildman–Crippen MR) is 73.2 cm³/mol. The highest BCUT2D eigenvalue weighted by atomic mass is 16.5. The largest absolute Gasteiger partial charge is 0.375 e. The van der Waals surface area contributed by atoms with Crippen LogP contribution in [0.15, 0.2) is 24.5 Å². The van der Waals surface area contributed by atoms with Gasteiger partial charge in [-0.3, -0.25) is 14.6 Å². The van der Waals surface area contributed by atoms with Crippen LogP contribution in [0.5, 0.6) is 0 Å². The lowest BCUT2D eigenvalue weighted by molar-refractivity contribution is -0.125. The highest BCUT2D eigenvalue weighted by molar-refractivity contribution is 5.94. The Kier molecular flexibility index (Phi) is 5.06. The van der Waals surface area contributed by atoms with E-state index in [1.165, 1.54) is 7.11 Å². The number of nitrogens with zero attached hydrogens (tertiary/aromatic N) is 2. The van der Waals surface area contributed by atoms with Crippen molar-refractivity contribution in [3.05, 3.63) is 30.1 Å². The molecule has 0 aromatic carbocycles. The first-order chi connectivity index (χ1) is 9.70. The molecule has 108 valence electrons. The van der Waals surface area contributed by atoms with Gasteiger partial charge in [0.2, 0.25) is 5.91 Å². The number of aromatic nitrogens is 1. The minimum Gasteiger partial charge on any atom is -0.375 e. The minimum absolute atomic E-state index is 0.0223. The SMILES string of the molecule is COCC(=O)NC1CCN(C(=O)c2ccncc2)CC1. The molecule has 6 nitrogen and oxygen atoms in total. The first kappa shape index (κ1) is 14.5. The van der Waals surface area contributed by atoms with Crippen molar-refractivity contribution in [2.75, 3.05) is 26.8 Å². The number of carbonyl (C=O) groups is 2. The van der Waals surface area contributed by atoms with Crippen molar-refractivity contribution in [1.82, 2.24) is 15.2 Å². The average molecular weight is 277 g/mol. The second-order valence-electron chi connectivity index (χ2n) is 4.80. The summed E-state index contributed by atoms with van der Waals surface area (Å²) in [4.78, 5) is 29.4. The fourth-order valence-corrected chi connectivity index (χ4v) is 2.30. The van der Waals surface area contributed by atoms with Crippen LogP contribution >= 0.6 is 0 Å². The molecule has 1 fully saturated rings. The first-order valence-electron chi connectivity index (χ1n) is 6.68. The van der Waals surface area contributed by atoms with Gasteiger partial charge in [-0.2, -0.15) is 0 Å². The first-order valence-corrected chi connectivity index (χ1v) is 6.68. The topological polar surface area (TPSA) is 71.5 Å². The van der Waals surface area contributed by atoms with E-state index in [0.29, 0.717) is 18.7 Å². The monoisotopic (exact) mass is 277 g/mol. The van der Waals surface area contributed by atoms with Crippen LogP contribution in [0.2, 0.25) is 0 Å². The van der Waals surface area contributed by atoms with Crippen LogP contribution in [0, 0.1) is 0 Å². The summed E-state index contributed by atoms with van der Waals surface area (Å²) in [6.45, 7) is 1.38. The number of rotatable bonds is 4. The summed E-state index contributed by atoms with van der Waals surface area (Å²) in [5, 5.41) is 2.91. The van der Waals surface area contributed by atoms with Crippen LogP contribution in [0.4, 0.5) is 0 Å². The number of methoxy groups -OCH3 is 1. The summed E-state index contributed by atoms with van der Waals surface area (Å²) >= 11 is 0. The molecule has 1 saturated heterocycles. The third kappa shape index (κ3) is 3.77. The van der Waals surface area contributed by atoms with Crippen LogP contribution in [-0.2, 0) is 9.53 Å². The molecule has 20 heavy (non-hydrogen) atoms. The fraction of sp³-hybridized carbons (Fsp3) is 0.500. The Balaban J connectivity index is 1.82. The molecular weight excluding hydrogens is 258 g/mol. The maximum absolute atomic E-state index is 12.2. The van der Waals surface area contributed by atoms with Crippen LogP contribution in [-0.4, -0.2) is 54.5 Å². The van der Waals surface area contributed by atoms with Gasteiger partial charge in [-0.25, -0.2) is 0 Å². The molecule has 1 aliphatic rings. The summed E-state index contributed by atoms with van der Waals surface area (Å²) in [6.07, 6.45) is 4.77. The lowest BCUT2D eigenvalue weighted by Crippen LogP contribution is -2.47. The number of piperidine rings is 1. The molecular formula is C14H19N3O3. The van der Waals surface area contributed by atoms with Gasteiger partial charge < -0.3 is 15.0 Å². The predicted octanol–water partition coefficient (Wildman–Crippen LogP) is 0.449. The van der Waals surface area contributed by atoms with Crippen molar-refractivity contribution in [2.24, 2.45) is 0 Å².